The molecule has 0 aromatic carbocycles. The van der Waals surface area contributed by atoms with E-state index >= 15 is 0 Å². The molecule has 24 fully saturated rings. The summed E-state index contributed by atoms with van der Waals surface area (Å²) in [7, 11) is 0. The maximum Gasteiger partial charge on any atom is 0.333 e. The summed E-state index contributed by atoms with van der Waals surface area (Å²) in [5.74, 6) is 13.3. The van der Waals surface area contributed by atoms with Gasteiger partial charge in [0.2, 0.25) is 0 Å². The Kier molecular flexibility index (Phi) is 33.5. The molecule has 12 heteroatoms. The van der Waals surface area contributed by atoms with Gasteiger partial charge in [-0.25, -0.2) is 28.8 Å². The van der Waals surface area contributed by atoms with E-state index in [9.17, 15) is 28.8 Å². The van der Waals surface area contributed by atoms with Crippen LogP contribution in [-0.4, -0.2) is 69.4 Å². The van der Waals surface area contributed by atoms with E-state index in [1.165, 1.54) is 301 Å². The second kappa shape index (κ2) is 42.2. The minimum Gasteiger partial charge on any atom is -0.455 e. The number of ether oxygens (including phenoxy) is 6. The maximum absolute atomic E-state index is 12.5. The van der Waals surface area contributed by atoms with Crippen LogP contribution in [0.15, 0.2) is 74.4 Å². The van der Waals surface area contributed by atoms with Crippen LogP contribution in [0, 0.1) is 163 Å². The summed E-state index contributed by atoms with van der Waals surface area (Å²) in [6.45, 7) is 65.2. The first-order valence-electron chi connectivity index (χ1n) is 56.0. The summed E-state index contributed by atoms with van der Waals surface area (Å²) in [6.07, 6.45) is 66.6. The van der Waals surface area contributed by atoms with Crippen LogP contribution in [0.4, 0.5) is 0 Å². The van der Waals surface area contributed by atoms with Gasteiger partial charge in [-0.05, 0) is 417 Å². The van der Waals surface area contributed by atoms with Gasteiger partial charge in [0.25, 0.3) is 0 Å². The molecule has 24 bridgehead atoms. The lowest BCUT2D eigenvalue weighted by Crippen LogP contribution is -2.64. The molecule has 24 aliphatic rings. The first kappa shape index (κ1) is 106. The summed E-state index contributed by atoms with van der Waals surface area (Å²) in [6, 6.07) is 0. The number of hydrogen-bond donors (Lipinski definition) is 0. The highest BCUT2D eigenvalue weighted by Crippen LogP contribution is 2.73. The number of esters is 6. The third kappa shape index (κ3) is 22.3. The molecule has 24 rings (SSSR count). The number of carbonyl (C=O) groups is 6. The average Bonchev–Trinajstić information content (AvgIpc) is 0.724. The van der Waals surface area contributed by atoms with Gasteiger partial charge >= 0.3 is 35.8 Å². The van der Waals surface area contributed by atoms with Crippen molar-refractivity contribution in [2.45, 2.75) is 486 Å². The molecule has 0 saturated heterocycles. The van der Waals surface area contributed by atoms with Crippen LogP contribution in [-0.2, 0) is 57.2 Å². The van der Waals surface area contributed by atoms with Crippen LogP contribution in [0.3, 0.4) is 0 Å². The Morgan fingerprint density at radius 3 is 0.714 bits per heavy atom. The summed E-state index contributed by atoms with van der Waals surface area (Å²) in [4.78, 5) is 73.4. The maximum atomic E-state index is 12.5. The van der Waals surface area contributed by atoms with E-state index < -0.39 is 0 Å². The molecule has 0 spiro atoms. The van der Waals surface area contributed by atoms with E-state index in [2.05, 4.69) is 150 Å². The molecule has 14 atom stereocenters. The van der Waals surface area contributed by atoms with Crippen molar-refractivity contribution in [1.82, 2.24) is 0 Å². The van der Waals surface area contributed by atoms with Gasteiger partial charge in [-0.1, -0.05) is 214 Å². The Balaban J connectivity index is 0.000000136. The van der Waals surface area contributed by atoms with Crippen LogP contribution in [0.5, 0.6) is 0 Å². The lowest BCUT2D eigenvalue weighted by atomic mass is 9.43. The first-order valence-corrected chi connectivity index (χ1v) is 56.0. The predicted molar refractivity (Wildman–Crippen MR) is 541 cm³/mol. The topological polar surface area (TPSA) is 158 Å². The predicted octanol–water partition coefficient (Wildman–Crippen LogP) is 31.4. The van der Waals surface area contributed by atoms with E-state index in [1.807, 2.05) is 0 Å². The Hall–Kier alpha value is -4.74. The zero-order chi connectivity index (χ0) is 96.6. The van der Waals surface area contributed by atoms with Crippen LogP contribution in [0.25, 0.3) is 0 Å². The van der Waals surface area contributed by atoms with Crippen LogP contribution in [0.1, 0.15) is 453 Å². The van der Waals surface area contributed by atoms with Gasteiger partial charge in [-0.2, -0.15) is 0 Å². The highest BCUT2D eigenvalue weighted by atomic mass is 16.6. The van der Waals surface area contributed by atoms with Crippen molar-refractivity contribution in [2.75, 3.05) is 0 Å². The summed E-state index contributed by atoms with van der Waals surface area (Å²) in [5.41, 5.74) is 3.53. The first-order chi connectivity index (χ1) is 62.7. The van der Waals surface area contributed by atoms with E-state index in [0.29, 0.717) is 144 Å². The molecule has 133 heavy (non-hydrogen) atoms. The largest absolute Gasteiger partial charge is 0.455 e. The molecule has 0 aliphatic heterocycles. The molecule has 0 aromatic heterocycles. The minimum absolute atomic E-state index is 0.155. The van der Waals surface area contributed by atoms with E-state index in [1.54, 1.807) is 20.8 Å². The van der Waals surface area contributed by atoms with Crippen LogP contribution < -0.4 is 0 Å². The third-order valence-corrected chi connectivity index (χ3v) is 40.9. The zero-order valence-electron chi connectivity index (χ0n) is 88.4. The normalized spacial score (nSPS) is 42.7. The molecule has 0 amide bonds. The lowest BCUT2D eigenvalue weighted by Gasteiger charge is -2.65. The SMILES string of the molecule is C=C(C)C(=O)OC1(C(C)CCCC)C2CC3CC1CC(C)(C3)C2.C=C(C)C(=O)OC1(CCC(C)C)C2CC3CC1CC(C)(C3)C2.C=C(C)C(=O)OC1(CCCCCC)C2CC3CC1CC(C)(C3)C2.C=CC(=O)OC1(C(C)CCCC)C2CC3CC1CC(C)(C3)C2.C=CC(=O)OC1(CCC(C)C)C2CC3CC1CC(C)(C3)C2.C=CC(=O)OC1(CCCCCC)C2CC3CC1CC(C)(C3)C2. The van der Waals surface area contributed by atoms with Crippen molar-refractivity contribution in [3.8, 4) is 0 Å². The molecule has 750 valence electrons. The van der Waals surface area contributed by atoms with E-state index in [-0.39, 0.29) is 69.4 Å². The number of unbranched alkanes of at least 4 members (excludes halogenated alkanes) is 8. The lowest BCUT2D eigenvalue weighted by molar-refractivity contribution is -0.238. The quantitative estimate of drug-likeness (QED) is 0.0253. The van der Waals surface area contributed by atoms with E-state index in [4.69, 9.17) is 28.4 Å². The minimum atomic E-state index is -0.221. The summed E-state index contributed by atoms with van der Waals surface area (Å²) < 4.78 is 37.3. The highest BCUT2D eigenvalue weighted by Gasteiger charge is 2.70. The fourth-order valence-corrected chi connectivity index (χ4v) is 36.8. The number of rotatable bonds is 36. The standard InChI is InChI=1S/2C21H34O2.3C20H32O2.C19H30O2/c1-6-7-8-15(4)21(23-19(22)14(2)3)17-9-16-10-18(21)13-20(5,11-16)12-17;1-5-6-7-8-9-21(23-19(22)15(2)3)17-10-16-11-18(21)14-20(4,12-16)13-17;1-13(2)6-7-20(22-18(21)14(3)4)16-8-15-9-17(20)12-19(5,10-15)11-16;1-5-7-8-14(3)20(22-18(21)6-2)16-9-15-10-17(20)13-19(4,11-15)12-16;1-4-6-7-8-9-20(22-18(21)5-2)16-10-15-11-17(20)14-19(3,12-15)13-16;1-5-17(20)21-19(7-6-13(2)3)15-8-14-9-16(19)12-18(4,10-14)11-15/h15-18H,2,6-13H2,1,3-5H3;16-18H,2,5-14H2,1,3-4H3;13,15-17H,3,6-12H2,1-2,4-5H3;6,14-17H,2,5,7-13H2,1,3-4H3;5,15-17H,2,4,6-14H2,1,3H3;5,13-16H,1,6-12H2,2-4H3. The Bertz CT molecular complexity index is 4010. The van der Waals surface area contributed by atoms with Crippen molar-refractivity contribution >= 4 is 35.8 Å². The third-order valence-electron chi connectivity index (χ3n) is 40.9. The van der Waals surface area contributed by atoms with Gasteiger partial charge in [0.05, 0.1) is 0 Å². The highest BCUT2D eigenvalue weighted by molar-refractivity contribution is 5.88. The Morgan fingerprint density at radius 2 is 0.481 bits per heavy atom. The Labute approximate surface area is 811 Å². The zero-order valence-corrected chi connectivity index (χ0v) is 88.4. The molecular formula is C121H194O12. The van der Waals surface area contributed by atoms with Crippen molar-refractivity contribution in [3.05, 3.63) is 74.4 Å². The van der Waals surface area contributed by atoms with Gasteiger partial charge in [-0.3, -0.25) is 0 Å². The molecule has 0 radical (unpaired) electrons. The van der Waals surface area contributed by atoms with Gasteiger partial charge in [0.1, 0.15) is 33.6 Å². The average molecular weight is 1840 g/mol. The Morgan fingerprint density at radius 1 is 0.271 bits per heavy atom. The molecule has 24 aliphatic carbocycles. The molecular weight excluding hydrogens is 1650 g/mol. The molecule has 0 aromatic rings. The van der Waals surface area contributed by atoms with E-state index in [0.717, 1.165) is 74.0 Å². The van der Waals surface area contributed by atoms with Gasteiger partial charge < -0.3 is 28.4 Å². The van der Waals surface area contributed by atoms with Crippen molar-refractivity contribution in [3.63, 3.8) is 0 Å². The smallest absolute Gasteiger partial charge is 0.333 e. The second-order valence-corrected chi connectivity index (χ2v) is 53.4. The van der Waals surface area contributed by atoms with Gasteiger partial charge in [-0.15, -0.1) is 0 Å². The number of hydrogen-bond acceptors (Lipinski definition) is 12. The van der Waals surface area contributed by atoms with Crippen LogP contribution in [0.2, 0.25) is 0 Å². The summed E-state index contributed by atoms with van der Waals surface area (Å²) in [5, 5.41) is 0. The van der Waals surface area contributed by atoms with Crippen LogP contribution >= 0.6 is 0 Å². The van der Waals surface area contributed by atoms with Crippen molar-refractivity contribution in [1.29, 1.82) is 0 Å². The van der Waals surface area contributed by atoms with Gasteiger partial charge in [0.15, 0.2) is 0 Å². The fourth-order valence-electron chi connectivity index (χ4n) is 36.8. The molecule has 12 nitrogen and oxygen atoms in total. The fraction of sp³-hybridized carbons (Fsp3) is 0.851. The molecule has 14 unspecified atom stereocenters. The summed E-state index contributed by atoms with van der Waals surface area (Å²) >= 11 is 0. The monoisotopic (exact) mass is 1840 g/mol. The van der Waals surface area contributed by atoms with Crippen molar-refractivity contribution < 1.29 is 57.2 Å². The number of carbonyl (C=O) groups excluding carboxylic acids is 6. The van der Waals surface area contributed by atoms with Gasteiger partial charge in [0, 0.05) is 58.6 Å². The molecule has 0 heterocycles. The van der Waals surface area contributed by atoms with Crippen molar-refractivity contribution in [2.24, 2.45) is 163 Å². The molecule has 24 saturated carbocycles. The molecule has 0 N–H and O–H groups in total. The second-order valence-electron chi connectivity index (χ2n) is 53.4.